The van der Waals surface area contributed by atoms with Gasteiger partial charge in [-0.05, 0) is 63.3 Å². The van der Waals surface area contributed by atoms with E-state index in [0.717, 1.165) is 14.9 Å². The smallest absolute Gasteiger partial charge is 0.294 e. The number of hydrogen-bond donors (Lipinski definition) is 1. The highest BCUT2D eigenvalue weighted by molar-refractivity contribution is 9.10. The first-order valence-electron chi connectivity index (χ1n) is 9.48. The molecule has 2 heterocycles. The first-order valence-corrected chi connectivity index (χ1v) is 11.2. The van der Waals surface area contributed by atoms with Crippen molar-refractivity contribution in [3.63, 3.8) is 0 Å². The summed E-state index contributed by atoms with van der Waals surface area (Å²) in [4.78, 5) is 28.2. The predicted octanol–water partition coefficient (Wildman–Crippen LogP) is 4.60. The summed E-state index contributed by atoms with van der Waals surface area (Å²) in [5, 5.41) is 4.82. The fraction of sp³-hybridized carbons (Fsp3) is 0.130. The minimum atomic E-state index is -0.378. The highest BCUT2D eigenvalue weighted by Crippen LogP contribution is 2.36. The number of ether oxygens (including phenoxy) is 2. The van der Waals surface area contributed by atoms with E-state index in [1.807, 2.05) is 35.7 Å². The van der Waals surface area contributed by atoms with Crippen LogP contribution in [0.5, 0.6) is 11.5 Å². The van der Waals surface area contributed by atoms with E-state index in [1.54, 1.807) is 48.8 Å². The Morgan fingerprint density at radius 3 is 2.81 bits per heavy atom. The topological polar surface area (TPSA) is 67.9 Å². The molecule has 0 aliphatic carbocycles. The van der Waals surface area contributed by atoms with E-state index in [1.165, 1.54) is 4.90 Å². The standard InChI is InChI=1S/C23H19BrN2O4S/c1-29-19-9-8-15(11-17(19)24)12-21-23(28)26(18-6-2-3-7-20(18)30-21)14-22(27)25-13-16-5-4-10-31-16/h2-12H,13-14H2,1H3,(H,25,27)/b21-12-. The van der Waals surface area contributed by atoms with Crippen LogP contribution in [0.15, 0.2) is 70.2 Å². The van der Waals surface area contributed by atoms with E-state index < -0.39 is 0 Å². The third kappa shape index (κ3) is 4.81. The molecule has 0 radical (unpaired) electrons. The van der Waals surface area contributed by atoms with E-state index in [9.17, 15) is 9.59 Å². The van der Waals surface area contributed by atoms with Crippen LogP contribution in [0.4, 0.5) is 5.69 Å². The Morgan fingerprint density at radius 2 is 2.06 bits per heavy atom. The van der Waals surface area contributed by atoms with Crippen LogP contribution in [0.2, 0.25) is 0 Å². The zero-order chi connectivity index (χ0) is 21.8. The second-order valence-corrected chi connectivity index (χ2v) is 8.61. The van der Waals surface area contributed by atoms with Crippen LogP contribution >= 0.6 is 27.3 Å². The Bertz CT molecular complexity index is 1140. The average molecular weight is 499 g/mol. The van der Waals surface area contributed by atoms with Gasteiger partial charge in [-0.1, -0.05) is 24.3 Å². The number of hydrogen-bond acceptors (Lipinski definition) is 5. The number of para-hydroxylation sites is 2. The molecule has 0 saturated carbocycles. The normalized spacial score (nSPS) is 14.2. The molecular weight excluding hydrogens is 480 g/mol. The molecule has 6 nitrogen and oxygen atoms in total. The van der Waals surface area contributed by atoms with Gasteiger partial charge in [0.15, 0.2) is 11.5 Å². The molecule has 0 saturated heterocycles. The van der Waals surface area contributed by atoms with Crippen molar-refractivity contribution >= 4 is 50.8 Å². The van der Waals surface area contributed by atoms with Crippen molar-refractivity contribution in [3.8, 4) is 11.5 Å². The molecule has 0 spiro atoms. The lowest BCUT2D eigenvalue weighted by molar-refractivity contribution is -0.123. The maximum absolute atomic E-state index is 13.2. The number of nitrogens with zero attached hydrogens (tertiary/aromatic N) is 1. The van der Waals surface area contributed by atoms with E-state index in [-0.39, 0.29) is 24.1 Å². The third-order valence-corrected chi connectivity index (χ3v) is 6.14. The van der Waals surface area contributed by atoms with Crippen molar-refractivity contribution in [1.82, 2.24) is 5.32 Å². The minimum Gasteiger partial charge on any atom is -0.496 e. The van der Waals surface area contributed by atoms with Crippen molar-refractivity contribution in [2.45, 2.75) is 6.54 Å². The Morgan fingerprint density at radius 1 is 1.23 bits per heavy atom. The molecule has 4 rings (SSSR count). The van der Waals surface area contributed by atoms with Crippen molar-refractivity contribution in [1.29, 1.82) is 0 Å². The van der Waals surface area contributed by atoms with Crippen LogP contribution in [0.3, 0.4) is 0 Å². The molecule has 0 unspecified atom stereocenters. The summed E-state index contributed by atoms with van der Waals surface area (Å²) in [5.74, 6) is 0.725. The summed E-state index contributed by atoms with van der Waals surface area (Å²) in [6, 6.07) is 16.5. The maximum atomic E-state index is 13.2. The second-order valence-electron chi connectivity index (χ2n) is 6.72. The van der Waals surface area contributed by atoms with Gasteiger partial charge in [0.2, 0.25) is 5.91 Å². The van der Waals surface area contributed by atoms with Crippen LogP contribution in [0, 0.1) is 0 Å². The van der Waals surface area contributed by atoms with Crippen LogP contribution in [0.1, 0.15) is 10.4 Å². The molecular formula is C23H19BrN2O4S. The number of carbonyl (C=O) groups is 2. The summed E-state index contributed by atoms with van der Waals surface area (Å²) in [5.41, 5.74) is 1.32. The van der Waals surface area contributed by atoms with Gasteiger partial charge < -0.3 is 14.8 Å². The molecule has 0 fully saturated rings. The number of anilines is 1. The molecule has 0 atom stereocenters. The first kappa shape index (κ1) is 21.1. The fourth-order valence-corrected chi connectivity index (χ4v) is 4.34. The zero-order valence-electron chi connectivity index (χ0n) is 16.6. The summed E-state index contributed by atoms with van der Waals surface area (Å²) >= 11 is 5.02. The lowest BCUT2D eigenvalue weighted by atomic mass is 10.1. The van der Waals surface area contributed by atoms with E-state index in [0.29, 0.717) is 23.7 Å². The molecule has 2 aromatic carbocycles. The molecule has 1 aliphatic rings. The van der Waals surface area contributed by atoms with Crippen LogP contribution in [0.25, 0.3) is 6.08 Å². The molecule has 1 aliphatic heterocycles. The Labute approximate surface area is 192 Å². The van der Waals surface area contributed by atoms with Gasteiger partial charge in [0.25, 0.3) is 5.91 Å². The number of rotatable bonds is 6. The average Bonchev–Trinajstić information content (AvgIpc) is 3.29. The van der Waals surface area contributed by atoms with E-state index >= 15 is 0 Å². The third-order valence-electron chi connectivity index (χ3n) is 4.65. The number of nitrogens with one attached hydrogen (secondary N) is 1. The number of halogens is 1. The first-order chi connectivity index (χ1) is 15.0. The fourth-order valence-electron chi connectivity index (χ4n) is 3.14. The molecule has 0 bridgehead atoms. The molecule has 1 N–H and O–H groups in total. The summed E-state index contributed by atoms with van der Waals surface area (Å²) in [6.07, 6.45) is 1.65. The number of carbonyl (C=O) groups excluding carboxylic acids is 2. The van der Waals surface area contributed by atoms with Gasteiger partial charge in [0, 0.05) is 4.88 Å². The maximum Gasteiger partial charge on any atom is 0.294 e. The van der Waals surface area contributed by atoms with Gasteiger partial charge >= 0.3 is 0 Å². The molecule has 158 valence electrons. The Hall–Kier alpha value is -3.10. The number of fused-ring (bicyclic) bond motifs is 1. The van der Waals surface area contributed by atoms with E-state index in [4.69, 9.17) is 9.47 Å². The molecule has 2 amide bonds. The molecule has 3 aromatic rings. The number of amides is 2. The van der Waals surface area contributed by atoms with Crippen molar-refractivity contribution in [2.75, 3.05) is 18.6 Å². The Balaban J connectivity index is 1.58. The zero-order valence-corrected chi connectivity index (χ0v) is 19.0. The highest BCUT2D eigenvalue weighted by Gasteiger charge is 2.31. The lowest BCUT2D eigenvalue weighted by Gasteiger charge is -2.30. The largest absolute Gasteiger partial charge is 0.496 e. The van der Waals surface area contributed by atoms with Gasteiger partial charge in [0.1, 0.15) is 12.3 Å². The summed E-state index contributed by atoms with van der Waals surface area (Å²) < 4.78 is 11.9. The van der Waals surface area contributed by atoms with Crippen LogP contribution < -0.4 is 19.7 Å². The van der Waals surface area contributed by atoms with E-state index in [2.05, 4.69) is 21.2 Å². The van der Waals surface area contributed by atoms with Crippen molar-refractivity contribution in [3.05, 3.63) is 80.6 Å². The number of benzene rings is 2. The quantitative estimate of drug-likeness (QED) is 0.504. The molecule has 1 aromatic heterocycles. The number of methoxy groups -OCH3 is 1. The highest BCUT2D eigenvalue weighted by atomic mass is 79.9. The predicted molar refractivity (Wildman–Crippen MR) is 124 cm³/mol. The SMILES string of the molecule is COc1ccc(/C=C2\Oc3ccccc3N(CC(=O)NCc3cccs3)C2=O)cc1Br. The lowest BCUT2D eigenvalue weighted by Crippen LogP contribution is -2.44. The van der Waals surface area contributed by atoms with Crippen molar-refractivity contribution < 1.29 is 19.1 Å². The van der Waals surface area contributed by atoms with Gasteiger partial charge in [-0.25, -0.2) is 0 Å². The summed E-state index contributed by atoms with van der Waals surface area (Å²) in [6.45, 7) is 0.327. The number of thiophene rings is 1. The van der Waals surface area contributed by atoms with Gasteiger partial charge in [0.05, 0.1) is 23.8 Å². The van der Waals surface area contributed by atoms with Gasteiger partial charge in [-0.15, -0.1) is 11.3 Å². The van der Waals surface area contributed by atoms with Gasteiger partial charge in [-0.2, -0.15) is 0 Å². The second kappa shape index (κ2) is 9.36. The molecule has 31 heavy (non-hydrogen) atoms. The monoisotopic (exact) mass is 498 g/mol. The van der Waals surface area contributed by atoms with Crippen LogP contribution in [-0.4, -0.2) is 25.5 Å². The van der Waals surface area contributed by atoms with Crippen molar-refractivity contribution in [2.24, 2.45) is 0 Å². The van der Waals surface area contributed by atoms with Crippen LogP contribution in [-0.2, 0) is 16.1 Å². The molecule has 8 heteroatoms. The minimum absolute atomic E-state index is 0.103. The summed E-state index contributed by atoms with van der Waals surface area (Å²) in [7, 11) is 1.59. The Kier molecular flexibility index (Phi) is 6.39. The van der Waals surface area contributed by atoms with Gasteiger partial charge in [-0.3, -0.25) is 14.5 Å².